The maximum Gasteiger partial charge on any atom is 0.261 e. The van der Waals surface area contributed by atoms with Gasteiger partial charge in [0.15, 0.2) is 11.5 Å². The third kappa shape index (κ3) is 5.36. The number of nitrogens with one attached hydrogen (secondary N) is 2. The molecule has 0 aliphatic carbocycles. The number of fused-ring (bicyclic) bond motifs is 1. The lowest BCUT2D eigenvalue weighted by atomic mass is 10.1. The van der Waals surface area contributed by atoms with Crippen LogP contribution < -0.4 is 14.8 Å². The van der Waals surface area contributed by atoms with E-state index in [4.69, 9.17) is 9.47 Å². The quantitative estimate of drug-likeness (QED) is 0.263. The van der Waals surface area contributed by atoms with E-state index in [2.05, 4.69) is 32.8 Å². The first-order valence-electron chi connectivity index (χ1n) is 9.63. The van der Waals surface area contributed by atoms with E-state index >= 15 is 0 Å². The summed E-state index contributed by atoms with van der Waals surface area (Å²) in [6.07, 6.45) is 5.75. The smallest absolute Gasteiger partial charge is 0.261 e. The fourth-order valence-corrected chi connectivity index (χ4v) is 3.74. The lowest BCUT2D eigenvalue weighted by Gasteiger charge is -2.12. The second-order valence-electron chi connectivity index (χ2n) is 6.67. The second-order valence-corrected chi connectivity index (χ2v) is 7.52. The number of H-pyrrole nitrogens is 1. The molecule has 1 aromatic heterocycles. The largest absolute Gasteiger partial charge is 0.493 e. The van der Waals surface area contributed by atoms with Crippen molar-refractivity contribution in [2.45, 2.75) is 6.42 Å². The molecule has 1 amide bonds. The highest BCUT2D eigenvalue weighted by Crippen LogP contribution is 2.37. The van der Waals surface area contributed by atoms with Crippen molar-refractivity contribution in [1.29, 1.82) is 5.26 Å². The Morgan fingerprint density at radius 3 is 2.90 bits per heavy atom. The van der Waals surface area contributed by atoms with Crippen molar-refractivity contribution in [3.8, 4) is 17.6 Å². The summed E-state index contributed by atoms with van der Waals surface area (Å²) in [4.78, 5) is 15.7. The molecule has 31 heavy (non-hydrogen) atoms. The van der Waals surface area contributed by atoms with Crippen molar-refractivity contribution in [3.05, 3.63) is 76.4 Å². The maximum absolute atomic E-state index is 12.5. The molecule has 0 saturated heterocycles. The fraction of sp³-hybridized carbons (Fsp3) is 0.167. The van der Waals surface area contributed by atoms with Crippen molar-refractivity contribution in [3.63, 3.8) is 0 Å². The minimum atomic E-state index is -0.426. The molecule has 7 heteroatoms. The number of amides is 1. The van der Waals surface area contributed by atoms with Crippen LogP contribution in [0, 0.1) is 11.3 Å². The van der Waals surface area contributed by atoms with E-state index in [1.165, 1.54) is 13.2 Å². The van der Waals surface area contributed by atoms with Gasteiger partial charge in [0, 0.05) is 23.6 Å². The Balaban J connectivity index is 1.70. The van der Waals surface area contributed by atoms with Gasteiger partial charge in [-0.15, -0.1) is 0 Å². The highest BCUT2D eigenvalue weighted by Gasteiger charge is 2.14. The van der Waals surface area contributed by atoms with Crippen molar-refractivity contribution in [2.24, 2.45) is 0 Å². The molecule has 0 spiro atoms. The van der Waals surface area contributed by atoms with Crippen LogP contribution in [0.2, 0.25) is 0 Å². The molecular weight excluding hydrogens is 458 g/mol. The number of hydrogen-bond acceptors (Lipinski definition) is 4. The first-order valence-corrected chi connectivity index (χ1v) is 10.4. The molecule has 158 valence electrons. The molecule has 0 fully saturated rings. The van der Waals surface area contributed by atoms with E-state index < -0.39 is 5.91 Å². The normalized spacial score (nSPS) is 11.1. The Morgan fingerprint density at radius 2 is 2.16 bits per heavy atom. The van der Waals surface area contributed by atoms with E-state index in [-0.39, 0.29) is 5.57 Å². The summed E-state index contributed by atoms with van der Waals surface area (Å²) < 4.78 is 11.6. The number of aromatic amines is 1. The van der Waals surface area contributed by atoms with Crippen LogP contribution in [0.25, 0.3) is 17.0 Å². The number of benzene rings is 2. The van der Waals surface area contributed by atoms with Crippen molar-refractivity contribution >= 4 is 38.8 Å². The number of methoxy groups -OCH3 is 1. The van der Waals surface area contributed by atoms with Gasteiger partial charge in [0.05, 0.1) is 11.6 Å². The van der Waals surface area contributed by atoms with E-state index in [9.17, 15) is 10.1 Å². The minimum absolute atomic E-state index is 0.00707. The zero-order valence-corrected chi connectivity index (χ0v) is 18.7. The predicted octanol–water partition coefficient (Wildman–Crippen LogP) is 4.77. The molecule has 0 bridgehead atoms. The van der Waals surface area contributed by atoms with Crippen molar-refractivity contribution in [2.75, 3.05) is 20.3 Å². The van der Waals surface area contributed by atoms with Gasteiger partial charge >= 0.3 is 0 Å². The van der Waals surface area contributed by atoms with Gasteiger partial charge in [0.2, 0.25) is 0 Å². The minimum Gasteiger partial charge on any atom is -0.493 e. The molecule has 0 saturated carbocycles. The molecule has 3 rings (SSSR count). The average molecular weight is 480 g/mol. The van der Waals surface area contributed by atoms with E-state index in [1.54, 1.807) is 18.2 Å². The summed E-state index contributed by atoms with van der Waals surface area (Å²) in [5.74, 6) is 0.588. The first kappa shape index (κ1) is 22.2. The summed E-state index contributed by atoms with van der Waals surface area (Å²) in [6.45, 7) is 4.37. The number of hydrogen-bond donors (Lipinski definition) is 2. The van der Waals surface area contributed by atoms with E-state index in [1.807, 2.05) is 36.5 Å². The number of carbonyl (C=O) groups excluding carboxylic acids is 1. The SMILES string of the molecule is C=CCOc1c(Br)cc(C=C(C#N)C(=O)NCCc2c[nH]c3ccccc23)cc1OC. The Hall–Kier alpha value is -3.50. The van der Waals surface area contributed by atoms with Gasteiger partial charge in [-0.1, -0.05) is 30.9 Å². The molecule has 2 aromatic carbocycles. The highest BCUT2D eigenvalue weighted by atomic mass is 79.9. The topological polar surface area (TPSA) is 87.1 Å². The summed E-state index contributed by atoms with van der Waals surface area (Å²) in [5.41, 5.74) is 2.81. The van der Waals surface area contributed by atoms with Crippen LogP contribution in [0.4, 0.5) is 0 Å². The van der Waals surface area contributed by atoms with E-state index in [0.717, 1.165) is 16.5 Å². The number of nitrogens with zero attached hydrogens (tertiary/aromatic N) is 1. The molecule has 0 unspecified atom stereocenters. The third-order valence-corrected chi connectivity index (χ3v) is 5.22. The number of para-hydroxylation sites is 1. The molecule has 0 atom stereocenters. The van der Waals surface area contributed by atoms with E-state index in [0.29, 0.717) is 41.1 Å². The summed E-state index contributed by atoms with van der Waals surface area (Å²) in [7, 11) is 1.53. The molecule has 2 N–H and O–H groups in total. The van der Waals surface area contributed by atoms with Crippen LogP contribution in [0.1, 0.15) is 11.1 Å². The highest BCUT2D eigenvalue weighted by molar-refractivity contribution is 9.10. The van der Waals surface area contributed by atoms with Crippen LogP contribution in [0.3, 0.4) is 0 Å². The van der Waals surface area contributed by atoms with Crippen LogP contribution in [0.5, 0.6) is 11.5 Å². The van der Waals surface area contributed by atoms with Gasteiger partial charge in [-0.05, 0) is 57.8 Å². The van der Waals surface area contributed by atoms with Crippen molar-refractivity contribution in [1.82, 2.24) is 10.3 Å². The zero-order chi connectivity index (χ0) is 22.2. The van der Waals surface area contributed by atoms with Crippen LogP contribution in [0.15, 0.2) is 65.3 Å². The van der Waals surface area contributed by atoms with Gasteiger partial charge in [0.25, 0.3) is 5.91 Å². The third-order valence-electron chi connectivity index (χ3n) is 4.63. The Kier molecular flexibility index (Phi) is 7.52. The summed E-state index contributed by atoms with van der Waals surface area (Å²) in [6, 6.07) is 13.4. The number of nitriles is 1. The molecule has 0 aliphatic rings. The molecule has 0 radical (unpaired) electrons. The standard InChI is InChI=1S/C24H22BrN3O3/c1-3-10-31-23-20(25)12-16(13-22(23)30-2)11-18(14-26)24(29)27-9-8-17-15-28-21-7-5-4-6-19(17)21/h3-7,11-13,15,28H,1,8-10H2,2H3,(H,27,29). The summed E-state index contributed by atoms with van der Waals surface area (Å²) >= 11 is 3.45. The number of ether oxygens (including phenoxy) is 2. The predicted molar refractivity (Wildman–Crippen MR) is 125 cm³/mol. The molecular formula is C24H22BrN3O3. The Labute approximate surface area is 189 Å². The lowest BCUT2D eigenvalue weighted by molar-refractivity contribution is -0.117. The van der Waals surface area contributed by atoms with Crippen LogP contribution >= 0.6 is 15.9 Å². The Morgan fingerprint density at radius 1 is 1.35 bits per heavy atom. The first-order chi connectivity index (χ1) is 15.1. The molecule has 0 aliphatic heterocycles. The zero-order valence-electron chi connectivity index (χ0n) is 17.1. The number of carbonyl (C=O) groups is 1. The van der Waals surface area contributed by atoms with Gasteiger partial charge in [-0.3, -0.25) is 4.79 Å². The molecule has 3 aromatic rings. The lowest BCUT2D eigenvalue weighted by Crippen LogP contribution is -2.26. The average Bonchev–Trinajstić information content (AvgIpc) is 3.19. The van der Waals surface area contributed by atoms with Crippen molar-refractivity contribution < 1.29 is 14.3 Å². The van der Waals surface area contributed by atoms with Gasteiger partial charge in [0.1, 0.15) is 18.2 Å². The van der Waals surface area contributed by atoms with Gasteiger partial charge in [-0.2, -0.15) is 5.26 Å². The Bertz CT molecular complexity index is 1170. The molecule has 6 nitrogen and oxygen atoms in total. The van der Waals surface area contributed by atoms with Crippen LogP contribution in [-0.4, -0.2) is 31.2 Å². The summed E-state index contributed by atoms with van der Waals surface area (Å²) in [5, 5.41) is 13.4. The van der Waals surface area contributed by atoms with Gasteiger partial charge < -0.3 is 19.8 Å². The number of rotatable bonds is 9. The number of aromatic nitrogens is 1. The number of halogens is 1. The van der Waals surface area contributed by atoms with Gasteiger partial charge in [-0.25, -0.2) is 0 Å². The second kappa shape index (κ2) is 10.5. The van der Waals surface area contributed by atoms with Crippen LogP contribution in [-0.2, 0) is 11.2 Å². The fourth-order valence-electron chi connectivity index (χ4n) is 3.17. The molecule has 1 heterocycles. The maximum atomic E-state index is 12.5. The monoisotopic (exact) mass is 479 g/mol.